The summed E-state index contributed by atoms with van der Waals surface area (Å²) in [6.45, 7) is 4.61. The van der Waals surface area contributed by atoms with E-state index in [0.29, 0.717) is 12.4 Å². The maximum Gasteiger partial charge on any atom is 0.187 e. The fraction of sp³-hybridized carbons (Fsp3) is 0.129. The van der Waals surface area contributed by atoms with Gasteiger partial charge in [-0.25, -0.2) is 9.37 Å². The number of imidazole rings is 1. The summed E-state index contributed by atoms with van der Waals surface area (Å²) in [5.41, 5.74) is 5.83. The number of halogens is 1. The number of fused-ring (bicyclic) bond motifs is 1. The highest BCUT2D eigenvalue weighted by atomic mass is 19.1. The number of aryl methyl sites for hydroxylation is 2. The summed E-state index contributed by atoms with van der Waals surface area (Å²) in [4.78, 5) is 4.77. The average molecular weight is 477 g/mol. The molecule has 0 bridgehead atoms. The Hall–Kier alpha value is -4.56. The molecular formula is C31H25FN2O2. The minimum Gasteiger partial charge on any atom is -0.497 e. The lowest BCUT2D eigenvalue weighted by atomic mass is 10.0. The van der Waals surface area contributed by atoms with Gasteiger partial charge in [0.25, 0.3) is 0 Å². The molecule has 0 atom stereocenters. The van der Waals surface area contributed by atoms with E-state index in [1.807, 2.05) is 74.5 Å². The van der Waals surface area contributed by atoms with Gasteiger partial charge in [0.05, 0.1) is 24.7 Å². The summed E-state index contributed by atoms with van der Waals surface area (Å²) in [5, 5.41) is 0. The molecule has 0 N–H and O–H groups in total. The van der Waals surface area contributed by atoms with E-state index in [2.05, 4.69) is 16.4 Å². The zero-order chi connectivity index (χ0) is 25.1. The lowest BCUT2D eigenvalue weighted by Gasteiger charge is -2.11. The van der Waals surface area contributed by atoms with Crippen LogP contribution < -0.4 is 9.47 Å². The van der Waals surface area contributed by atoms with Gasteiger partial charge in [0.1, 0.15) is 23.1 Å². The lowest BCUT2D eigenvalue weighted by Crippen LogP contribution is -2.03. The molecule has 0 saturated heterocycles. The van der Waals surface area contributed by atoms with E-state index in [9.17, 15) is 4.39 Å². The summed E-state index contributed by atoms with van der Waals surface area (Å²) in [7, 11) is 1.64. The van der Waals surface area contributed by atoms with Gasteiger partial charge in [-0.05, 0) is 97.1 Å². The quantitative estimate of drug-likeness (QED) is 0.255. The molecule has 4 aromatic carbocycles. The standard InChI is InChI=1S/C31H25FN2O2/c1-21-18-27(36-26-14-12-25(35-3)13-15-26)19-22(2)28(21)16-17-31-33-29-6-4-5-7-30(29)34(31)20-23-8-10-24(32)11-9-23/h4-15,18-19H,20H2,1-3H3. The molecule has 178 valence electrons. The number of methoxy groups -OCH3 is 1. The molecule has 0 aliphatic carbocycles. The molecule has 5 heteroatoms. The molecule has 0 aliphatic rings. The molecule has 0 unspecified atom stereocenters. The Labute approximate surface area is 210 Å². The predicted octanol–water partition coefficient (Wildman–Crippen LogP) is 7.04. The Morgan fingerprint density at radius 1 is 0.806 bits per heavy atom. The van der Waals surface area contributed by atoms with Gasteiger partial charge in [0.15, 0.2) is 5.82 Å². The van der Waals surface area contributed by atoms with E-state index in [1.165, 1.54) is 12.1 Å². The van der Waals surface area contributed by atoms with Crippen LogP contribution in [-0.2, 0) is 6.54 Å². The minimum atomic E-state index is -0.250. The van der Waals surface area contributed by atoms with Crippen LogP contribution in [0.2, 0.25) is 0 Å². The lowest BCUT2D eigenvalue weighted by molar-refractivity contribution is 0.413. The largest absolute Gasteiger partial charge is 0.497 e. The van der Waals surface area contributed by atoms with Gasteiger partial charge < -0.3 is 14.0 Å². The van der Waals surface area contributed by atoms with Crippen molar-refractivity contribution in [2.75, 3.05) is 7.11 Å². The topological polar surface area (TPSA) is 36.3 Å². The van der Waals surface area contributed by atoms with Crippen molar-refractivity contribution in [2.45, 2.75) is 20.4 Å². The van der Waals surface area contributed by atoms with E-state index in [4.69, 9.17) is 14.5 Å². The summed E-state index contributed by atoms with van der Waals surface area (Å²) in [6, 6.07) is 25.9. The van der Waals surface area contributed by atoms with Crippen molar-refractivity contribution in [1.29, 1.82) is 0 Å². The second-order valence-electron chi connectivity index (χ2n) is 8.60. The Kier molecular flexibility index (Phi) is 6.42. The fourth-order valence-electron chi connectivity index (χ4n) is 4.18. The number of aromatic nitrogens is 2. The normalized spacial score (nSPS) is 10.7. The third kappa shape index (κ3) is 4.94. The van der Waals surface area contributed by atoms with E-state index in [0.717, 1.165) is 50.5 Å². The third-order valence-electron chi connectivity index (χ3n) is 6.01. The highest BCUT2D eigenvalue weighted by Gasteiger charge is 2.11. The molecule has 0 spiro atoms. The maximum absolute atomic E-state index is 13.4. The summed E-state index contributed by atoms with van der Waals surface area (Å²) in [6.07, 6.45) is 0. The zero-order valence-corrected chi connectivity index (χ0v) is 20.4. The monoisotopic (exact) mass is 476 g/mol. The Morgan fingerprint density at radius 3 is 2.17 bits per heavy atom. The molecule has 0 aliphatic heterocycles. The second-order valence-corrected chi connectivity index (χ2v) is 8.60. The number of nitrogens with zero attached hydrogens (tertiary/aromatic N) is 2. The maximum atomic E-state index is 13.4. The van der Waals surface area contributed by atoms with Gasteiger partial charge in [-0.2, -0.15) is 0 Å². The predicted molar refractivity (Wildman–Crippen MR) is 140 cm³/mol. The SMILES string of the molecule is COc1ccc(Oc2cc(C)c(C#Cc3nc4ccccc4n3Cc3ccc(F)cc3)c(C)c2)cc1. The fourth-order valence-corrected chi connectivity index (χ4v) is 4.18. The van der Waals surface area contributed by atoms with Gasteiger partial charge in [-0.1, -0.05) is 30.2 Å². The molecule has 0 radical (unpaired) electrons. The minimum absolute atomic E-state index is 0.250. The first-order chi connectivity index (χ1) is 17.5. The molecule has 1 aromatic heterocycles. The van der Waals surface area contributed by atoms with Crippen LogP contribution in [0.1, 0.15) is 28.1 Å². The van der Waals surface area contributed by atoms with Gasteiger partial charge in [-0.3, -0.25) is 0 Å². The first-order valence-electron chi connectivity index (χ1n) is 11.6. The van der Waals surface area contributed by atoms with Crippen molar-refractivity contribution in [1.82, 2.24) is 9.55 Å². The van der Waals surface area contributed by atoms with Crippen molar-refractivity contribution in [3.63, 3.8) is 0 Å². The zero-order valence-electron chi connectivity index (χ0n) is 20.4. The highest BCUT2D eigenvalue weighted by molar-refractivity contribution is 5.77. The van der Waals surface area contributed by atoms with Crippen LogP contribution in [0.5, 0.6) is 17.2 Å². The number of para-hydroxylation sites is 2. The smallest absolute Gasteiger partial charge is 0.187 e. The summed E-state index contributed by atoms with van der Waals surface area (Å²) in [5.74, 6) is 9.31. The average Bonchev–Trinajstić information content (AvgIpc) is 3.22. The molecule has 1 heterocycles. The molecular weight excluding hydrogens is 451 g/mol. The van der Waals surface area contributed by atoms with E-state index in [-0.39, 0.29) is 5.82 Å². The van der Waals surface area contributed by atoms with Gasteiger partial charge in [-0.15, -0.1) is 0 Å². The van der Waals surface area contributed by atoms with Crippen molar-refractivity contribution in [3.05, 3.63) is 119 Å². The molecule has 0 saturated carbocycles. The van der Waals surface area contributed by atoms with E-state index >= 15 is 0 Å². The first kappa shape index (κ1) is 23.2. The third-order valence-corrected chi connectivity index (χ3v) is 6.01. The first-order valence-corrected chi connectivity index (χ1v) is 11.6. The van der Waals surface area contributed by atoms with Gasteiger partial charge in [0.2, 0.25) is 0 Å². The Bertz CT molecular complexity index is 1570. The van der Waals surface area contributed by atoms with Crippen LogP contribution in [0.4, 0.5) is 4.39 Å². The van der Waals surface area contributed by atoms with Crippen molar-refractivity contribution >= 4 is 11.0 Å². The van der Waals surface area contributed by atoms with Crippen LogP contribution in [0, 0.1) is 31.5 Å². The number of rotatable bonds is 5. The van der Waals surface area contributed by atoms with Crippen LogP contribution in [0.3, 0.4) is 0 Å². The number of benzene rings is 4. The van der Waals surface area contributed by atoms with Gasteiger partial charge >= 0.3 is 0 Å². The second kappa shape index (κ2) is 9.97. The number of ether oxygens (including phenoxy) is 2. The van der Waals surface area contributed by atoms with Crippen molar-refractivity contribution in [2.24, 2.45) is 0 Å². The van der Waals surface area contributed by atoms with Crippen LogP contribution in [-0.4, -0.2) is 16.7 Å². The van der Waals surface area contributed by atoms with Crippen molar-refractivity contribution in [3.8, 4) is 29.1 Å². The van der Waals surface area contributed by atoms with E-state index in [1.54, 1.807) is 19.2 Å². The van der Waals surface area contributed by atoms with Crippen molar-refractivity contribution < 1.29 is 13.9 Å². The molecule has 5 rings (SSSR count). The Balaban J connectivity index is 1.46. The van der Waals surface area contributed by atoms with Crippen LogP contribution in [0.25, 0.3) is 11.0 Å². The molecule has 5 aromatic rings. The van der Waals surface area contributed by atoms with Gasteiger partial charge in [0, 0.05) is 5.56 Å². The highest BCUT2D eigenvalue weighted by Crippen LogP contribution is 2.28. The van der Waals surface area contributed by atoms with Crippen LogP contribution in [0.15, 0.2) is 84.9 Å². The number of hydrogen-bond donors (Lipinski definition) is 0. The molecule has 0 fully saturated rings. The molecule has 36 heavy (non-hydrogen) atoms. The number of hydrogen-bond acceptors (Lipinski definition) is 3. The summed E-state index contributed by atoms with van der Waals surface area (Å²) < 4.78 is 26.7. The Morgan fingerprint density at radius 2 is 1.47 bits per heavy atom. The molecule has 0 amide bonds. The molecule has 4 nitrogen and oxygen atoms in total. The van der Waals surface area contributed by atoms with Crippen LogP contribution >= 0.6 is 0 Å². The van der Waals surface area contributed by atoms with E-state index < -0.39 is 0 Å². The summed E-state index contributed by atoms with van der Waals surface area (Å²) >= 11 is 0.